The average Bonchev–Trinajstić information content (AvgIpc) is 3.39. The van der Waals surface area contributed by atoms with Crippen LogP contribution in [0.15, 0.2) is 34.0 Å². The minimum absolute atomic E-state index is 0.00977. The number of nitrogens with zero attached hydrogens (tertiary/aromatic N) is 3. The van der Waals surface area contributed by atoms with Crippen molar-refractivity contribution in [3.05, 3.63) is 39.6 Å². The van der Waals surface area contributed by atoms with Crippen molar-refractivity contribution in [1.29, 1.82) is 0 Å². The van der Waals surface area contributed by atoms with Gasteiger partial charge in [0.1, 0.15) is 11.4 Å². The fraction of sp³-hybridized carbons (Fsp3) is 0.389. The van der Waals surface area contributed by atoms with Gasteiger partial charge in [-0.2, -0.15) is 0 Å². The zero-order valence-corrected chi connectivity index (χ0v) is 15.7. The molecule has 6 nitrogen and oxygen atoms in total. The maximum absolute atomic E-state index is 13.0. The predicted octanol–water partition coefficient (Wildman–Crippen LogP) is 1.86. The van der Waals surface area contributed by atoms with Crippen LogP contribution in [0.5, 0.6) is 0 Å². The van der Waals surface area contributed by atoms with E-state index in [0.29, 0.717) is 17.2 Å². The van der Waals surface area contributed by atoms with E-state index in [1.807, 2.05) is 27.8 Å². The molecule has 0 spiro atoms. The molecular formula is C18H18N4O2S2. The van der Waals surface area contributed by atoms with Crippen LogP contribution in [-0.2, 0) is 11.3 Å². The number of rotatable bonds is 3. The minimum Gasteiger partial charge on any atom is -0.340 e. The van der Waals surface area contributed by atoms with Gasteiger partial charge in [-0.05, 0) is 23.3 Å². The number of aromatic nitrogens is 2. The molecule has 0 radical (unpaired) electrons. The Morgan fingerprint density at radius 2 is 2.08 bits per heavy atom. The van der Waals surface area contributed by atoms with Crippen molar-refractivity contribution in [2.24, 2.45) is 11.8 Å². The average molecular weight is 387 g/mol. The highest BCUT2D eigenvalue weighted by molar-refractivity contribution is 7.18. The smallest absolute Gasteiger partial charge is 0.263 e. The molecule has 0 aliphatic carbocycles. The van der Waals surface area contributed by atoms with E-state index in [2.05, 4.69) is 10.3 Å². The van der Waals surface area contributed by atoms with Crippen molar-refractivity contribution < 1.29 is 4.79 Å². The van der Waals surface area contributed by atoms with Crippen molar-refractivity contribution in [3.63, 3.8) is 0 Å². The summed E-state index contributed by atoms with van der Waals surface area (Å²) in [4.78, 5) is 33.8. The van der Waals surface area contributed by atoms with Crippen molar-refractivity contribution in [2.45, 2.75) is 6.54 Å². The molecule has 5 heterocycles. The summed E-state index contributed by atoms with van der Waals surface area (Å²) >= 11 is 3.07. The van der Waals surface area contributed by atoms with Gasteiger partial charge in [0.25, 0.3) is 5.56 Å². The molecule has 2 fully saturated rings. The summed E-state index contributed by atoms with van der Waals surface area (Å²) in [6.07, 6.45) is 1.51. The number of carbonyl (C=O) groups is 1. The molecule has 5 rings (SSSR count). The van der Waals surface area contributed by atoms with Crippen LogP contribution in [0.25, 0.3) is 20.7 Å². The fourth-order valence-electron chi connectivity index (χ4n) is 4.00. The van der Waals surface area contributed by atoms with Crippen LogP contribution < -0.4 is 10.9 Å². The third kappa shape index (κ3) is 2.60. The van der Waals surface area contributed by atoms with Crippen LogP contribution in [-0.4, -0.2) is 46.5 Å². The van der Waals surface area contributed by atoms with Crippen molar-refractivity contribution in [1.82, 2.24) is 19.8 Å². The van der Waals surface area contributed by atoms with E-state index in [1.54, 1.807) is 11.3 Å². The van der Waals surface area contributed by atoms with Gasteiger partial charge in [-0.25, -0.2) is 4.98 Å². The monoisotopic (exact) mass is 386 g/mol. The van der Waals surface area contributed by atoms with Gasteiger partial charge in [-0.15, -0.1) is 22.7 Å². The van der Waals surface area contributed by atoms with E-state index < -0.39 is 0 Å². The highest BCUT2D eigenvalue weighted by atomic mass is 32.1. The summed E-state index contributed by atoms with van der Waals surface area (Å²) in [7, 11) is 0. The molecule has 0 bridgehead atoms. The zero-order chi connectivity index (χ0) is 17.7. The zero-order valence-electron chi connectivity index (χ0n) is 14.1. The largest absolute Gasteiger partial charge is 0.340 e. The number of hydrogen-bond acceptors (Lipinski definition) is 6. The molecule has 0 aromatic carbocycles. The lowest BCUT2D eigenvalue weighted by atomic mass is 10.0. The summed E-state index contributed by atoms with van der Waals surface area (Å²) in [5.74, 6) is 1.12. The van der Waals surface area contributed by atoms with Gasteiger partial charge in [0, 0.05) is 42.0 Å². The number of likely N-dealkylation sites (tertiary alicyclic amines) is 1. The third-order valence-corrected chi connectivity index (χ3v) is 7.18. The Hall–Kier alpha value is -2.03. The summed E-state index contributed by atoms with van der Waals surface area (Å²) in [5.41, 5.74) is 0.787. The fourth-order valence-corrected chi connectivity index (χ4v) is 5.72. The first-order valence-electron chi connectivity index (χ1n) is 8.69. The standard InChI is InChI=1S/C18H18N4O2S2/c23-15(21-6-11-4-19-5-12(11)7-21)8-22-10-20-17-16(18(22)24)13(9-26-17)14-2-1-3-25-14/h1-3,9-12,19H,4-8H2/t11-,12+. The first-order chi connectivity index (χ1) is 12.7. The first-order valence-corrected chi connectivity index (χ1v) is 10.5. The lowest BCUT2D eigenvalue weighted by Crippen LogP contribution is -2.36. The van der Waals surface area contributed by atoms with E-state index in [9.17, 15) is 9.59 Å². The molecule has 2 aliphatic rings. The second-order valence-electron chi connectivity index (χ2n) is 6.96. The molecule has 0 saturated carbocycles. The molecule has 1 amide bonds. The third-order valence-electron chi connectivity index (χ3n) is 5.40. The van der Waals surface area contributed by atoms with Crippen LogP contribution in [0.3, 0.4) is 0 Å². The summed E-state index contributed by atoms with van der Waals surface area (Å²) in [6, 6.07) is 3.98. The van der Waals surface area contributed by atoms with E-state index in [0.717, 1.165) is 41.5 Å². The maximum Gasteiger partial charge on any atom is 0.263 e. The van der Waals surface area contributed by atoms with E-state index in [-0.39, 0.29) is 18.0 Å². The molecule has 2 atom stereocenters. The Balaban J connectivity index is 1.44. The lowest BCUT2D eigenvalue weighted by Gasteiger charge is -2.18. The van der Waals surface area contributed by atoms with Crippen LogP contribution >= 0.6 is 22.7 Å². The van der Waals surface area contributed by atoms with Gasteiger partial charge in [0.2, 0.25) is 5.91 Å². The van der Waals surface area contributed by atoms with Crippen molar-refractivity contribution in [3.8, 4) is 10.4 Å². The number of nitrogens with one attached hydrogen (secondary N) is 1. The normalized spacial score (nSPS) is 22.2. The van der Waals surface area contributed by atoms with Crippen LogP contribution in [0.2, 0.25) is 0 Å². The van der Waals surface area contributed by atoms with E-state index >= 15 is 0 Å². The molecular weight excluding hydrogens is 368 g/mol. The Morgan fingerprint density at radius 3 is 2.81 bits per heavy atom. The van der Waals surface area contributed by atoms with Gasteiger partial charge < -0.3 is 10.2 Å². The number of hydrogen-bond donors (Lipinski definition) is 1. The molecule has 134 valence electrons. The topological polar surface area (TPSA) is 67.2 Å². The van der Waals surface area contributed by atoms with Gasteiger partial charge >= 0.3 is 0 Å². The molecule has 3 aromatic heterocycles. The molecule has 8 heteroatoms. The van der Waals surface area contributed by atoms with Crippen molar-refractivity contribution >= 4 is 38.8 Å². The summed E-state index contributed by atoms with van der Waals surface area (Å²) in [6.45, 7) is 3.62. The lowest BCUT2D eigenvalue weighted by molar-refractivity contribution is -0.131. The number of carbonyl (C=O) groups excluding carboxylic acids is 1. The van der Waals surface area contributed by atoms with E-state index in [1.165, 1.54) is 22.2 Å². The quantitative estimate of drug-likeness (QED) is 0.746. The Labute approximate surface area is 158 Å². The maximum atomic E-state index is 13.0. The predicted molar refractivity (Wildman–Crippen MR) is 104 cm³/mol. The molecule has 3 aromatic rings. The summed E-state index contributed by atoms with van der Waals surface area (Å²) < 4.78 is 1.46. The van der Waals surface area contributed by atoms with Gasteiger partial charge in [-0.1, -0.05) is 6.07 Å². The number of thiophene rings is 2. The van der Waals surface area contributed by atoms with Gasteiger partial charge in [0.15, 0.2) is 0 Å². The Morgan fingerprint density at radius 1 is 1.27 bits per heavy atom. The second-order valence-corrected chi connectivity index (χ2v) is 8.77. The second kappa shape index (κ2) is 6.29. The van der Waals surface area contributed by atoms with Crippen LogP contribution in [0.1, 0.15) is 0 Å². The van der Waals surface area contributed by atoms with Crippen LogP contribution in [0, 0.1) is 11.8 Å². The Bertz CT molecular complexity index is 1010. The van der Waals surface area contributed by atoms with Gasteiger partial charge in [-0.3, -0.25) is 14.2 Å². The minimum atomic E-state index is -0.131. The molecule has 2 saturated heterocycles. The van der Waals surface area contributed by atoms with E-state index in [4.69, 9.17) is 0 Å². The number of amides is 1. The SMILES string of the molecule is O=C(Cn1cnc2scc(-c3cccs3)c2c1=O)N1C[C@H]2CNC[C@H]2C1. The first kappa shape index (κ1) is 16.2. The van der Waals surface area contributed by atoms with Gasteiger partial charge in [0.05, 0.1) is 11.7 Å². The summed E-state index contributed by atoms with van der Waals surface area (Å²) in [5, 5.41) is 7.97. The number of fused-ring (bicyclic) bond motifs is 2. The molecule has 2 aliphatic heterocycles. The Kier molecular flexibility index (Phi) is 3.91. The van der Waals surface area contributed by atoms with Crippen molar-refractivity contribution in [2.75, 3.05) is 26.2 Å². The molecule has 26 heavy (non-hydrogen) atoms. The highest BCUT2D eigenvalue weighted by Gasteiger charge is 2.38. The van der Waals surface area contributed by atoms with Crippen LogP contribution in [0.4, 0.5) is 0 Å². The highest BCUT2D eigenvalue weighted by Crippen LogP contribution is 2.33. The molecule has 0 unspecified atom stereocenters. The molecule has 1 N–H and O–H groups in total.